The second kappa shape index (κ2) is 5.97. The minimum Gasteiger partial charge on any atom is -0.354 e. The van der Waals surface area contributed by atoms with Crippen LogP contribution in [0.25, 0.3) is 0 Å². The highest BCUT2D eigenvalue weighted by atomic mass is 16.6. The molecule has 0 aliphatic carbocycles. The first kappa shape index (κ1) is 13.7. The van der Waals surface area contributed by atoms with Gasteiger partial charge in [-0.2, -0.15) is 0 Å². The molecule has 6 nitrogen and oxygen atoms in total. The van der Waals surface area contributed by atoms with Gasteiger partial charge in [0.1, 0.15) is 11.5 Å². The summed E-state index contributed by atoms with van der Waals surface area (Å²) < 4.78 is 0. The molecular weight excluding hydrogens is 244 g/mol. The van der Waals surface area contributed by atoms with Crippen LogP contribution in [-0.2, 0) is 0 Å². The largest absolute Gasteiger partial charge is 0.354 e. The third-order valence-corrected chi connectivity index (χ3v) is 3.66. The number of hydrogen-bond donors (Lipinski definition) is 1. The molecule has 1 aliphatic heterocycles. The van der Waals surface area contributed by atoms with Crippen molar-refractivity contribution in [2.45, 2.75) is 38.6 Å². The Labute approximate surface area is 112 Å². The van der Waals surface area contributed by atoms with Crippen LogP contribution in [0.4, 0.5) is 11.5 Å². The van der Waals surface area contributed by atoms with E-state index in [1.807, 2.05) is 0 Å². The molecule has 1 saturated heterocycles. The lowest BCUT2D eigenvalue weighted by Crippen LogP contribution is -2.41. The first-order valence-corrected chi connectivity index (χ1v) is 6.72. The lowest BCUT2D eigenvalue weighted by Gasteiger charge is -2.36. The molecule has 2 heterocycles. The molecule has 0 bridgehead atoms. The van der Waals surface area contributed by atoms with Crippen LogP contribution in [0.15, 0.2) is 12.1 Å². The topological polar surface area (TPSA) is 85.3 Å². The van der Waals surface area contributed by atoms with Gasteiger partial charge in [-0.15, -0.1) is 0 Å². The summed E-state index contributed by atoms with van der Waals surface area (Å²) in [4.78, 5) is 17.1. The summed E-state index contributed by atoms with van der Waals surface area (Å²) >= 11 is 0. The Balaban J connectivity index is 2.24. The first-order valence-electron chi connectivity index (χ1n) is 6.72. The predicted octanol–water partition coefficient (Wildman–Crippen LogP) is 2.01. The minimum atomic E-state index is -0.389. The SMILES string of the molecule is Cc1nc(N2CCCCC2CCN)ccc1[N+](=O)[O-]. The fourth-order valence-corrected chi connectivity index (χ4v) is 2.69. The number of aromatic nitrogens is 1. The molecule has 1 atom stereocenters. The van der Waals surface area contributed by atoms with Crippen molar-refractivity contribution in [3.8, 4) is 0 Å². The van der Waals surface area contributed by atoms with Crippen molar-refractivity contribution in [1.29, 1.82) is 0 Å². The first-order chi connectivity index (χ1) is 9.13. The van der Waals surface area contributed by atoms with Crippen LogP contribution >= 0.6 is 0 Å². The maximum absolute atomic E-state index is 10.8. The molecular formula is C13H20N4O2. The minimum absolute atomic E-state index is 0.0798. The number of hydrogen-bond acceptors (Lipinski definition) is 5. The Hall–Kier alpha value is -1.69. The number of pyridine rings is 1. The summed E-state index contributed by atoms with van der Waals surface area (Å²) in [6, 6.07) is 3.71. The molecule has 0 aromatic carbocycles. The number of aryl methyl sites for hydroxylation is 1. The van der Waals surface area contributed by atoms with E-state index in [1.165, 1.54) is 6.42 Å². The van der Waals surface area contributed by atoms with Gasteiger partial charge in [0.05, 0.1) is 4.92 Å². The van der Waals surface area contributed by atoms with Gasteiger partial charge < -0.3 is 10.6 Å². The van der Waals surface area contributed by atoms with Gasteiger partial charge in [0, 0.05) is 18.7 Å². The standard InChI is InChI=1S/C13H20N4O2/c1-10-12(17(18)19)5-6-13(15-10)16-9-3-2-4-11(16)7-8-14/h5-6,11H,2-4,7-9,14H2,1H3. The van der Waals surface area contributed by atoms with Crippen molar-refractivity contribution in [2.24, 2.45) is 5.73 Å². The summed E-state index contributed by atoms with van der Waals surface area (Å²) in [6.07, 6.45) is 4.42. The average Bonchev–Trinajstić information content (AvgIpc) is 2.39. The van der Waals surface area contributed by atoms with Crippen LogP contribution in [-0.4, -0.2) is 29.0 Å². The molecule has 6 heteroatoms. The summed E-state index contributed by atoms with van der Waals surface area (Å²) in [5.74, 6) is 0.834. The molecule has 0 amide bonds. The van der Waals surface area contributed by atoms with Crippen molar-refractivity contribution < 1.29 is 4.92 Å². The van der Waals surface area contributed by atoms with Gasteiger partial charge in [0.25, 0.3) is 5.69 Å². The van der Waals surface area contributed by atoms with E-state index < -0.39 is 0 Å². The van der Waals surface area contributed by atoms with Gasteiger partial charge in [0.15, 0.2) is 0 Å². The fraction of sp³-hybridized carbons (Fsp3) is 0.615. The number of piperidine rings is 1. The molecule has 1 aliphatic rings. The molecule has 1 aromatic rings. The summed E-state index contributed by atoms with van der Waals surface area (Å²) in [7, 11) is 0. The van der Waals surface area contributed by atoms with Gasteiger partial charge in [0.2, 0.25) is 0 Å². The van der Waals surface area contributed by atoms with Crippen LogP contribution in [0.3, 0.4) is 0 Å². The molecule has 19 heavy (non-hydrogen) atoms. The van der Waals surface area contributed by atoms with Crippen LogP contribution < -0.4 is 10.6 Å². The summed E-state index contributed by atoms with van der Waals surface area (Å²) in [5.41, 5.74) is 6.21. The highest BCUT2D eigenvalue weighted by Crippen LogP contribution is 2.27. The van der Waals surface area contributed by atoms with E-state index >= 15 is 0 Å². The van der Waals surface area contributed by atoms with Crippen molar-refractivity contribution >= 4 is 11.5 Å². The van der Waals surface area contributed by atoms with Gasteiger partial charge in [-0.1, -0.05) is 0 Å². The Bertz CT molecular complexity index is 462. The zero-order valence-corrected chi connectivity index (χ0v) is 11.2. The zero-order valence-electron chi connectivity index (χ0n) is 11.2. The van der Waals surface area contributed by atoms with Crippen LogP contribution in [0.2, 0.25) is 0 Å². The van der Waals surface area contributed by atoms with Crippen molar-refractivity contribution in [3.63, 3.8) is 0 Å². The Morgan fingerprint density at radius 1 is 1.53 bits per heavy atom. The van der Waals surface area contributed by atoms with Crippen LogP contribution in [0.1, 0.15) is 31.4 Å². The average molecular weight is 264 g/mol. The van der Waals surface area contributed by atoms with E-state index in [2.05, 4.69) is 9.88 Å². The third kappa shape index (κ3) is 3.01. The van der Waals surface area contributed by atoms with Gasteiger partial charge >= 0.3 is 0 Å². The molecule has 104 valence electrons. The molecule has 2 rings (SSSR count). The Kier molecular flexibility index (Phi) is 4.31. The van der Waals surface area contributed by atoms with E-state index in [4.69, 9.17) is 5.73 Å². The van der Waals surface area contributed by atoms with Gasteiger partial charge in [-0.05, 0) is 45.2 Å². The molecule has 0 radical (unpaired) electrons. The molecule has 1 fully saturated rings. The summed E-state index contributed by atoms with van der Waals surface area (Å²) in [6.45, 7) is 3.30. The number of nitrogens with zero attached hydrogens (tertiary/aromatic N) is 3. The zero-order chi connectivity index (χ0) is 13.8. The third-order valence-electron chi connectivity index (χ3n) is 3.66. The fourth-order valence-electron chi connectivity index (χ4n) is 2.69. The van der Waals surface area contributed by atoms with Crippen LogP contribution in [0, 0.1) is 17.0 Å². The molecule has 0 saturated carbocycles. The monoisotopic (exact) mass is 264 g/mol. The number of nitrogens with two attached hydrogens (primary N) is 1. The second-order valence-corrected chi connectivity index (χ2v) is 4.95. The van der Waals surface area contributed by atoms with Crippen LogP contribution in [0.5, 0.6) is 0 Å². The Morgan fingerprint density at radius 2 is 2.32 bits per heavy atom. The maximum Gasteiger partial charge on any atom is 0.290 e. The lowest BCUT2D eigenvalue weighted by molar-refractivity contribution is -0.385. The number of anilines is 1. The maximum atomic E-state index is 10.8. The number of rotatable bonds is 4. The predicted molar refractivity (Wildman–Crippen MR) is 74.3 cm³/mol. The normalized spacial score (nSPS) is 19.5. The highest BCUT2D eigenvalue weighted by molar-refractivity contribution is 5.47. The number of nitro groups is 1. The van der Waals surface area contributed by atoms with Crippen molar-refractivity contribution in [1.82, 2.24) is 4.98 Å². The second-order valence-electron chi connectivity index (χ2n) is 4.95. The Morgan fingerprint density at radius 3 is 2.95 bits per heavy atom. The van der Waals surface area contributed by atoms with E-state index in [0.29, 0.717) is 18.3 Å². The molecule has 1 unspecified atom stereocenters. The van der Waals surface area contributed by atoms with E-state index in [1.54, 1.807) is 19.1 Å². The smallest absolute Gasteiger partial charge is 0.290 e. The van der Waals surface area contributed by atoms with Crippen molar-refractivity contribution in [3.05, 3.63) is 27.9 Å². The van der Waals surface area contributed by atoms with E-state index in [-0.39, 0.29) is 10.6 Å². The highest BCUT2D eigenvalue weighted by Gasteiger charge is 2.24. The van der Waals surface area contributed by atoms with Gasteiger partial charge in [-0.3, -0.25) is 10.1 Å². The quantitative estimate of drug-likeness (QED) is 0.664. The molecule has 0 spiro atoms. The van der Waals surface area contributed by atoms with E-state index in [9.17, 15) is 10.1 Å². The van der Waals surface area contributed by atoms with Crippen molar-refractivity contribution in [2.75, 3.05) is 18.0 Å². The molecule has 2 N–H and O–H groups in total. The summed E-state index contributed by atoms with van der Waals surface area (Å²) in [5, 5.41) is 10.8. The van der Waals surface area contributed by atoms with Gasteiger partial charge in [-0.25, -0.2) is 4.98 Å². The molecule has 1 aromatic heterocycles. The van der Waals surface area contributed by atoms with E-state index in [0.717, 1.165) is 31.6 Å². The lowest BCUT2D eigenvalue weighted by atomic mass is 9.99.